The molecule has 0 amide bonds. The highest BCUT2D eigenvalue weighted by Crippen LogP contribution is 2.25. The topological polar surface area (TPSA) is 38.7 Å². The molecule has 1 N–H and O–H groups in total. The van der Waals surface area contributed by atoms with E-state index in [1.807, 2.05) is 0 Å². The van der Waals surface area contributed by atoms with Gasteiger partial charge in [-0.05, 0) is 6.42 Å². The molecule has 0 aromatic carbocycles. The molecule has 2 heterocycles. The second kappa shape index (κ2) is 1.94. The summed E-state index contributed by atoms with van der Waals surface area (Å²) >= 11 is 0. The molecule has 3 nitrogen and oxygen atoms in total. The summed E-state index contributed by atoms with van der Waals surface area (Å²) in [4.78, 5) is 0. The monoisotopic (exact) mass is 130 g/mol. The van der Waals surface area contributed by atoms with Crippen molar-refractivity contribution in [2.24, 2.45) is 0 Å². The zero-order chi connectivity index (χ0) is 6.27. The minimum absolute atomic E-state index is 0.0231. The lowest BCUT2D eigenvalue weighted by Gasteiger charge is -2.08. The molecule has 2 unspecified atom stereocenters. The maximum absolute atomic E-state index is 9.15. The molecule has 2 aliphatic rings. The van der Waals surface area contributed by atoms with Crippen molar-refractivity contribution in [3.05, 3.63) is 0 Å². The maximum Gasteiger partial charge on any atom is 0.112 e. The molecule has 0 aromatic heterocycles. The Balaban J connectivity index is 2.07. The van der Waals surface area contributed by atoms with Crippen molar-refractivity contribution in [2.75, 3.05) is 13.2 Å². The third kappa shape index (κ3) is 0.764. The smallest absolute Gasteiger partial charge is 0.112 e. The van der Waals surface area contributed by atoms with Gasteiger partial charge in [0.15, 0.2) is 0 Å². The predicted octanol–water partition coefficient (Wildman–Crippen LogP) is -0.465. The molecule has 2 rings (SSSR count). The molecule has 52 valence electrons. The van der Waals surface area contributed by atoms with Crippen LogP contribution in [0.15, 0.2) is 0 Å². The van der Waals surface area contributed by atoms with E-state index in [1.165, 1.54) is 0 Å². The van der Waals surface area contributed by atoms with E-state index < -0.39 is 0 Å². The molecule has 0 spiro atoms. The minimum atomic E-state index is -0.377. The van der Waals surface area contributed by atoms with Crippen LogP contribution >= 0.6 is 0 Å². The van der Waals surface area contributed by atoms with Gasteiger partial charge in [-0.2, -0.15) is 0 Å². The average Bonchev–Trinajstić information content (AvgIpc) is 2.35. The zero-order valence-electron chi connectivity index (χ0n) is 5.12. The van der Waals surface area contributed by atoms with Crippen molar-refractivity contribution in [1.29, 1.82) is 0 Å². The number of fused-ring (bicyclic) bond motifs is 1. The largest absolute Gasteiger partial charge is 0.388 e. The minimum Gasteiger partial charge on any atom is -0.388 e. The normalized spacial score (nSPS) is 49.7. The van der Waals surface area contributed by atoms with Crippen molar-refractivity contribution < 1.29 is 14.6 Å². The van der Waals surface area contributed by atoms with Crippen LogP contribution in [0.2, 0.25) is 0 Å². The van der Waals surface area contributed by atoms with Crippen LogP contribution in [-0.4, -0.2) is 36.6 Å². The van der Waals surface area contributed by atoms with E-state index in [9.17, 15) is 0 Å². The molecule has 0 aliphatic carbocycles. The standard InChI is InChI=1S/C6H10O3/c7-4-3-9-5-1-2-8-6(4)5/h4-7H,1-3H2/t4-,5?,6?/m0/s1. The zero-order valence-corrected chi connectivity index (χ0v) is 5.12. The predicted molar refractivity (Wildman–Crippen MR) is 30.1 cm³/mol. The van der Waals surface area contributed by atoms with Gasteiger partial charge >= 0.3 is 0 Å². The van der Waals surface area contributed by atoms with Crippen LogP contribution in [0.5, 0.6) is 0 Å². The Hall–Kier alpha value is -0.120. The Kier molecular flexibility index (Phi) is 1.22. The van der Waals surface area contributed by atoms with Gasteiger partial charge in [0.1, 0.15) is 12.2 Å². The SMILES string of the molecule is O[C@H]1COC2CCOC21. The summed E-state index contributed by atoms with van der Waals surface area (Å²) in [6.07, 6.45) is 0.726. The molecule has 3 atom stereocenters. The molecule has 3 heteroatoms. The fourth-order valence-electron chi connectivity index (χ4n) is 1.45. The first-order chi connectivity index (χ1) is 4.38. The van der Waals surface area contributed by atoms with Crippen molar-refractivity contribution in [3.63, 3.8) is 0 Å². The molecule has 0 aromatic rings. The number of aliphatic hydroxyl groups excluding tert-OH is 1. The first-order valence-corrected chi connectivity index (χ1v) is 3.29. The summed E-state index contributed by atoms with van der Waals surface area (Å²) in [6.45, 7) is 1.20. The van der Waals surface area contributed by atoms with Gasteiger partial charge in [0.05, 0.1) is 12.7 Å². The molecular weight excluding hydrogens is 120 g/mol. The number of ether oxygens (including phenoxy) is 2. The molecule has 2 aliphatic heterocycles. The van der Waals surface area contributed by atoms with E-state index in [0.717, 1.165) is 13.0 Å². The van der Waals surface area contributed by atoms with E-state index in [1.54, 1.807) is 0 Å². The van der Waals surface area contributed by atoms with Crippen LogP contribution in [0, 0.1) is 0 Å². The van der Waals surface area contributed by atoms with Crippen LogP contribution in [0.4, 0.5) is 0 Å². The van der Waals surface area contributed by atoms with Gasteiger partial charge in [-0.15, -0.1) is 0 Å². The Labute approximate surface area is 53.6 Å². The Morgan fingerprint density at radius 2 is 2.22 bits per heavy atom. The molecule has 2 fully saturated rings. The maximum atomic E-state index is 9.15. The molecule has 0 bridgehead atoms. The number of aliphatic hydroxyl groups is 1. The summed E-state index contributed by atoms with van der Waals surface area (Å²) in [5, 5.41) is 9.15. The van der Waals surface area contributed by atoms with E-state index in [2.05, 4.69) is 0 Å². The third-order valence-electron chi connectivity index (χ3n) is 1.94. The molecular formula is C6H10O3. The average molecular weight is 130 g/mol. The molecule has 2 saturated heterocycles. The summed E-state index contributed by atoms with van der Waals surface area (Å²) in [6, 6.07) is 0. The Morgan fingerprint density at radius 3 is 3.00 bits per heavy atom. The van der Waals surface area contributed by atoms with Gasteiger partial charge in [0, 0.05) is 6.61 Å². The second-order valence-electron chi connectivity index (χ2n) is 2.56. The summed E-state index contributed by atoms with van der Waals surface area (Å²) in [5.74, 6) is 0. The Bertz CT molecular complexity index is 115. The van der Waals surface area contributed by atoms with Gasteiger partial charge < -0.3 is 14.6 Å². The lowest BCUT2D eigenvalue weighted by Crippen LogP contribution is -2.26. The number of hydrogen-bond acceptors (Lipinski definition) is 3. The van der Waals surface area contributed by atoms with E-state index in [4.69, 9.17) is 14.6 Å². The first-order valence-electron chi connectivity index (χ1n) is 3.29. The quantitative estimate of drug-likeness (QED) is 0.482. The fourth-order valence-corrected chi connectivity index (χ4v) is 1.45. The molecule has 0 radical (unpaired) electrons. The molecule has 0 saturated carbocycles. The van der Waals surface area contributed by atoms with Crippen molar-refractivity contribution in [2.45, 2.75) is 24.7 Å². The number of hydrogen-bond donors (Lipinski definition) is 1. The summed E-state index contributed by atoms with van der Waals surface area (Å²) in [7, 11) is 0. The summed E-state index contributed by atoms with van der Waals surface area (Å²) in [5.41, 5.74) is 0. The van der Waals surface area contributed by atoms with Gasteiger partial charge in [-0.3, -0.25) is 0 Å². The molecule has 9 heavy (non-hydrogen) atoms. The van der Waals surface area contributed by atoms with Crippen molar-refractivity contribution in [3.8, 4) is 0 Å². The second-order valence-corrected chi connectivity index (χ2v) is 2.56. The highest BCUT2D eigenvalue weighted by Gasteiger charge is 2.40. The lowest BCUT2D eigenvalue weighted by atomic mass is 10.1. The lowest BCUT2D eigenvalue weighted by molar-refractivity contribution is 0.0187. The Morgan fingerprint density at radius 1 is 1.33 bits per heavy atom. The van der Waals surface area contributed by atoms with Crippen LogP contribution in [0.25, 0.3) is 0 Å². The highest BCUT2D eigenvalue weighted by molar-refractivity contribution is 4.88. The van der Waals surface area contributed by atoms with Crippen molar-refractivity contribution in [1.82, 2.24) is 0 Å². The fraction of sp³-hybridized carbons (Fsp3) is 1.00. The van der Waals surface area contributed by atoms with E-state index >= 15 is 0 Å². The van der Waals surface area contributed by atoms with E-state index in [-0.39, 0.29) is 18.3 Å². The highest BCUT2D eigenvalue weighted by atomic mass is 16.6. The first kappa shape index (κ1) is 5.65. The van der Waals surface area contributed by atoms with Crippen molar-refractivity contribution >= 4 is 0 Å². The van der Waals surface area contributed by atoms with Crippen LogP contribution < -0.4 is 0 Å². The van der Waals surface area contributed by atoms with Gasteiger partial charge in [-0.1, -0.05) is 0 Å². The number of rotatable bonds is 0. The van der Waals surface area contributed by atoms with Crippen LogP contribution in [0.1, 0.15) is 6.42 Å². The summed E-state index contributed by atoms with van der Waals surface area (Å²) < 4.78 is 10.4. The van der Waals surface area contributed by atoms with Gasteiger partial charge in [-0.25, -0.2) is 0 Å². The van der Waals surface area contributed by atoms with Crippen LogP contribution in [-0.2, 0) is 9.47 Å². The van der Waals surface area contributed by atoms with Gasteiger partial charge in [0.25, 0.3) is 0 Å². The van der Waals surface area contributed by atoms with Crippen LogP contribution in [0.3, 0.4) is 0 Å². The van der Waals surface area contributed by atoms with E-state index in [0.29, 0.717) is 6.61 Å². The third-order valence-corrected chi connectivity index (χ3v) is 1.94. The van der Waals surface area contributed by atoms with Gasteiger partial charge in [0.2, 0.25) is 0 Å².